The molecule has 3 nitrogen and oxygen atoms in total. The SMILES string of the molecule is COc1ccc(CN2CC(O)(C3CC3)C2)cc1Br. The summed E-state index contributed by atoms with van der Waals surface area (Å²) >= 11 is 3.50. The number of aliphatic hydroxyl groups is 1. The van der Waals surface area contributed by atoms with E-state index in [-0.39, 0.29) is 5.60 Å². The fraction of sp³-hybridized carbons (Fsp3) is 0.571. The zero-order valence-corrected chi connectivity index (χ0v) is 12.1. The highest BCUT2D eigenvalue weighted by atomic mass is 79.9. The molecule has 0 spiro atoms. The van der Waals surface area contributed by atoms with Gasteiger partial charge in [0.15, 0.2) is 0 Å². The van der Waals surface area contributed by atoms with E-state index < -0.39 is 0 Å². The molecule has 2 aliphatic rings. The smallest absolute Gasteiger partial charge is 0.133 e. The van der Waals surface area contributed by atoms with Crippen LogP contribution in [0.25, 0.3) is 0 Å². The molecule has 18 heavy (non-hydrogen) atoms. The molecule has 3 rings (SSSR count). The van der Waals surface area contributed by atoms with Crippen molar-refractivity contribution in [3.05, 3.63) is 28.2 Å². The molecule has 0 radical (unpaired) electrons. The lowest BCUT2D eigenvalue weighted by atomic mass is 9.88. The Hall–Kier alpha value is -0.580. The van der Waals surface area contributed by atoms with Gasteiger partial charge in [-0.25, -0.2) is 0 Å². The second-order valence-corrected chi connectivity index (χ2v) is 6.35. The van der Waals surface area contributed by atoms with Crippen molar-refractivity contribution in [1.82, 2.24) is 4.90 Å². The monoisotopic (exact) mass is 311 g/mol. The Bertz CT molecular complexity index is 453. The van der Waals surface area contributed by atoms with Gasteiger partial charge in [-0.1, -0.05) is 6.07 Å². The summed E-state index contributed by atoms with van der Waals surface area (Å²) < 4.78 is 6.20. The maximum absolute atomic E-state index is 10.3. The van der Waals surface area contributed by atoms with E-state index in [2.05, 4.69) is 33.0 Å². The van der Waals surface area contributed by atoms with Crippen LogP contribution in [0.3, 0.4) is 0 Å². The molecule has 0 bridgehead atoms. The van der Waals surface area contributed by atoms with Crippen LogP contribution in [0.5, 0.6) is 5.75 Å². The first kappa shape index (κ1) is 12.5. The van der Waals surface area contributed by atoms with Crippen molar-refractivity contribution in [2.75, 3.05) is 20.2 Å². The summed E-state index contributed by atoms with van der Waals surface area (Å²) in [5, 5.41) is 10.3. The van der Waals surface area contributed by atoms with E-state index in [9.17, 15) is 5.11 Å². The summed E-state index contributed by atoms with van der Waals surface area (Å²) in [6.07, 6.45) is 2.41. The number of hydrogen-bond acceptors (Lipinski definition) is 3. The average Bonchev–Trinajstić information content (AvgIpc) is 3.11. The second kappa shape index (κ2) is 4.51. The highest BCUT2D eigenvalue weighted by molar-refractivity contribution is 9.10. The fourth-order valence-electron chi connectivity index (χ4n) is 2.79. The van der Waals surface area contributed by atoms with Gasteiger partial charge in [0.1, 0.15) is 5.75 Å². The van der Waals surface area contributed by atoms with Gasteiger partial charge < -0.3 is 9.84 Å². The number of β-amino-alcohol motifs (C(OH)–C–C–N with tert-alkyl or cyclic N) is 1. The summed E-state index contributed by atoms with van der Waals surface area (Å²) in [5.41, 5.74) is 0.865. The van der Waals surface area contributed by atoms with Crippen LogP contribution in [0, 0.1) is 5.92 Å². The van der Waals surface area contributed by atoms with Crippen LogP contribution in [0.15, 0.2) is 22.7 Å². The van der Waals surface area contributed by atoms with Gasteiger partial charge in [0, 0.05) is 19.6 Å². The van der Waals surface area contributed by atoms with Gasteiger partial charge in [0.25, 0.3) is 0 Å². The van der Waals surface area contributed by atoms with E-state index in [0.717, 1.165) is 29.9 Å². The summed E-state index contributed by atoms with van der Waals surface area (Å²) in [5.74, 6) is 1.42. The number of ether oxygens (including phenoxy) is 1. The van der Waals surface area contributed by atoms with E-state index in [1.807, 2.05) is 6.07 Å². The molecule has 1 saturated carbocycles. The van der Waals surface area contributed by atoms with E-state index in [0.29, 0.717) is 5.92 Å². The molecule has 2 fully saturated rings. The summed E-state index contributed by atoms with van der Waals surface area (Å²) in [6, 6.07) is 6.15. The van der Waals surface area contributed by atoms with E-state index in [4.69, 9.17) is 4.74 Å². The van der Waals surface area contributed by atoms with Crippen molar-refractivity contribution in [3.8, 4) is 5.75 Å². The van der Waals surface area contributed by atoms with Gasteiger partial charge in [-0.3, -0.25) is 4.90 Å². The molecule has 1 aromatic rings. The van der Waals surface area contributed by atoms with Crippen LogP contribution in [0.2, 0.25) is 0 Å². The first-order valence-electron chi connectivity index (χ1n) is 6.38. The highest BCUT2D eigenvalue weighted by Crippen LogP contribution is 2.44. The minimum absolute atomic E-state index is 0.385. The molecule has 4 heteroatoms. The lowest BCUT2D eigenvalue weighted by molar-refractivity contribution is -0.116. The molecular formula is C14H18BrNO2. The quantitative estimate of drug-likeness (QED) is 0.927. The standard InChI is InChI=1S/C14H18BrNO2/c1-18-13-5-2-10(6-12(13)15)7-16-8-14(17,9-16)11-3-4-11/h2,5-6,11,17H,3-4,7-9H2,1H3. The normalized spacial score (nSPS) is 22.6. The van der Waals surface area contributed by atoms with Crippen LogP contribution in [-0.4, -0.2) is 35.8 Å². The molecule has 1 aliphatic carbocycles. The lowest BCUT2D eigenvalue weighted by Crippen LogP contribution is -2.62. The zero-order chi connectivity index (χ0) is 12.8. The lowest BCUT2D eigenvalue weighted by Gasteiger charge is -2.47. The van der Waals surface area contributed by atoms with Crippen LogP contribution >= 0.6 is 15.9 Å². The van der Waals surface area contributed by atoms with Gasteiger partial charge in [-0.05, 0) is 52.4 Å². The molecule has 0 aromatic heterocycles. The maximum Gasteiger partial charge on any atom is 0.133 e. The van der Waals surface area contributed by atoms with Gasteiger partial charge in [-0.2, -0.15) is 0 Å². The Balaban J connectivity index is 1.59. The predicted molar refractivity (Wildman–Crippen MR) is 73.6 cm³/mol. The van der Waals surface area contributed by atoms with Crippen molar-refractivity contribution in [1.29, 1.82) is 0 Å². The van der Waals surface area contributed by atoms with Gasteiger partial charge in [-0.15, -0.1) is 0 Å². The fourth-order valence-corrected chi connectivity index (χ4v) is 3.37. The van der Waals surface area contributed by atoms with Crippen LogP contribution in [0.1, 0.15) is 18.4 Å². The average molecular weight is 312 g/mol. The molecule has 0 unspecified atom stereocenters. The Morgan fingerprint density at radius 3 is 2.72 bits per heavy atom. The Morgan fingerprint density at radius 2 is 2.17 bits per heavy atom. The Morgan fingerprint density at radius 1 is 1.44 bits per heavy atom. The Kier molecular flexibility index (Phi) is 3.12. The number of methoxy groups -OCH3 is 1. The van der Waals surface area contributed by atoms with E-state index in [1.165, 1.54) is 18.4 Å². The van der Waals surface area contributed by atoms with Gasteiger partial charge in [0.2, 0.25) is 0 Å². The Labute approximate surface area is 116 Å². The van der Waals surface area contributed by atoms with Crippen molar-refractivity contribution < 1.29 is 9.84 Å². The van der Waals surface area contributed by atoms with Gasteiger partial charge in [0.05, 0.1) is 17.2 Å². The third-order valence-electron chi connectivity index (χ3n) is 3.95. The van der Waals surface area contributed by atoms with Gasteiger partial charge >= 0.3 is 0 Å². The van der Waals surface area contributed by atoms with Crippen LogP contribution in [-0.2, 0) is 6.54 Å². The van der Waals surface area contributed by atoms with E-state index in [1.54, 1.807) is 7.11 Å². The second-order valence-electron chi connectivity index (χ2n) is 5.49. The molecule has 0 amide bonds. The minimum Gasteiger partial charge on any atom is -0.496 e. The van der Waals surface area contributed by atoms with Crippen molar-refractivity contribution in [3.63, 3.8) is 0 Å². The predicted octanol–water partition coefficient (Wildman–Crippen LogP) is 2.41. The number of hydrogen-bond donors (Lipinski definition) is 1. The molecule has 1 N–H and O–H groups in total. The molecule has 1 aromatic carbocycles. The first-order chi connectivity index (χ1) is 8.60. The highest BCUT2D eigenvalue weighted by Gasteiger charge is 2.51. The third kappa shape index (κ3) is 2.29. The topological polar surface area (TPSA) is 32.7 Å². The minimum atomic E-state index is -0.385. The van der Waals surface area contributed by atoms with Crippen LogP contribution in [0.4, 0.5) is 0 Å². The number of likely N-dealkylation sites (tertiary alicyclic amines) is 1. The first-order valence-corrected chi connectivity index (χ1v) is 7.17. The largest absolute Gasteiger partial charge is 0.496 e. The number of nitrogens with zero attached hydrogens (tertiary/aromatic N) is 1. The molecule has 1 aliphatic heterocycles. The molecular weight excluding hydrogens is 294 g/mol. The van der Waals surface area contributed by atoms with Crippen molar-refractivity contribution in [2.24, 2.45) is 5.92 Å². The van der Waals surface area contributed by atoms with E-state index >= 15 is 0 Å². The molecule has 1 heterocycles. The summed E-state index contributed by atoms with van der Waals surface area (Å²) in [6.45, 7) is 2.54. The van der Waals surface area contributed by atoms with Crippen LogP contribution < -0.4 is 4.74 Å². The molecule has 98 valence electrons. The molecule has 0 atom stereocenters. The summed E-state index contributed by atoms with van der Waals surface area (Å²) in [7, 11) is 1.67. The number of benzene rings is 1. The van der Waals surface area contributed by atoms with Crippen molar-refractivity contribution in [2.45, 2.75) is 25.0 Å². The zero-order valence-electron chi connectivity index (χ0n) is 10.5. The molecule has 1 saturated heterocycles. The number of halogens is 1. The van der Waals surface area contributed by atoms with Crippen molar-refractivity contribution >= 4 is 15.9 Å². The third-order valence-corrected chi connectivity index (χ3v) is 4.57. The number of rotatable bonds is 4. The maximum atomic E-state index is 10.3. The summed E-state index contributed by atoms with van der Waals surface area (Å²) in [4.78, 5) is 2.30.